The predicted molar refractivity (Wildman–Crippen MR) is 311 cm³/mol. The molecule has 3 N–H and O–H groups in total. The zero-order chi connectivity index (χ0) is 58.2. The van der Waals surface area contributed by atoms with Gasteiger partial charge in [-0.15, -0.1) is 0 Å². The number of hydrogen-bond acceptors (Lipinski definition) is 14. The molecule has 2 aliphatic carbocycles. The molecule has 18 nitrogen and oxygen atoms in total. The number of benzene rings is 1. The third-order valence-corrected chi connectivity index (χ3v) is 20.6. The van der Waals surface area contributed by atoms with Crippen molar-refractivity contribution >= 4 is 45.9 Å². The third-order valence-electron chi connectivity index (χ3n) is 20.6. The van der Waals surface area contributed by atoms with Crippen LogP contribution in [-0.2, 0) is 46.4 Å². The lowest BCUT2D eigenvalue weighted by Crippen LogP contribution is -2.63. The van der Waals surface area contributed by atoms with Crippen molar-refractivity contribution in [3.05, 3.63) is 53.4 Å². The number of rotatable bonds is 11. The Morgan fingerprint density at radius 1 is 0.952 bits per heavy atom. The van der Waals surface area contributed by atoms with Crippen LogP contribution >= 0.6 is 0 Å². The summed E-state index contributed by atoms with van der Waals surface area (Å²) in [4.78, 5) is 74.9. The summed E-state index contributed by atoms with van der Waals surface area (Å²) in [6, 6.07) is 5.92. The van der Waals surface area contributed by atoms with Crippen molar-refractivity contribution in [2.45, 2.75) is 153 Å². The molecule has 3 aromatic rings. The molecular weight excluding hydrogens is 1080 g/mol. The van der Waals surface area contributed by atoms with Gasteiger partial charge in [0.15, 0.2) is 0 Å². The highest BCUT2D eigenvalue weighted by molar-refractivity contribution is 5.95. The molecule has 21 heteroatoms. The van der Waals surface area contributed by atoms with Gasteiger partial charge in [0, 0.05) is 112 Å². The lowest BCUT2D eigenvalue weighted by Gasteiger charge is -2.44. The maximum absolute atomic E-state index is 15.3. The molecule has 6 saturated heterocycles. The number of nitrogens with one attached hydrogen (secondary N) is 3. The first kappa shape index (κ1) is 57.9. The largest absolute Gasteiger partial charge is 0.464 e. The van der Waals surface area contributed by atoms with Gasteiger partial charge in [0.25, 0.3) is 5.91 Å². The number of nitrogens with zero attached hydrogens (tertiary/aromatic N) is 8. The second-order valence-corrected chi connectivity index (χ2v) is 27.3. The minimum absolute atomic E-state index is 0.0531. The van der Waals surface area contributed by atoms with E-state index in [-0.39, 0.29) is 60.7 Å². The molecule has 456 valence electrons. The number of methoxy groups -OCH3 is 1. The van der Waals surface area contributed by atoms with Gasteiger partial charge >= 0.3 is 12.1 Å². The zero-order valence-electron chi connectivity index (χ0n) is 49.5. The van der Waals surface area contributed by atoms with Gasteiger partial charge in [-0.25, -0.2) is 5.43 Å². The number of aromatic nitrogens is 2. The van der Waals surface area contributed by atoms with Crippen LogP contribution in [0.25, 0.3) is 27.7 Å². The number of anilines is 1. The molecular formula is C63H86F3N11O7. The number of piperazine rings is 1. The lowest BCUT2D eigenvalue weighted by molar-refractivity contribution is -0.155. The number of cyclic esters (lactones) is 1. The summed E-state index contributed by atoms with van der Waals surface area (Å²) >= 11 is 0. The van der Waals surface area contributed by atoms with E-state index in [2.05, 4.69) is 46.6 Å². The van der Waals surface area contributed by atoms with E-state index >= 15 is 22.8 Å². The van der Waals surface area contributed by atoms with Gasteiger partial charge in [-0.3, -0.25) is 49.2 Å². The first-order valence-electron chi connectivity index (χ1n) is 31.5. The number of amides is 3. The Morgan fingerprint density at radius 3 is 2.57 bits per heavy atom. The summed E-state index contributed by atoms with van der Waals surface area (Å²) in [5.74, 6) is -0.0301. The number of halogens is 3. The Labute approximate surface area is 491 Å². The average molecular weight is 1170 g/mol. The molecule has 10 aliphatic rings. The Hall–Kier alpha value is -5.16. The number of esters is 1. The van der Waals surface area contributed by atoms with E-state index in [9.17, 15) is 9.59 Å². The highest BCUT2D eigenvalue weighted by atomic mass is 19.4. The number of pyridine rings is 1. The number of alkyl halides is 3. The fourth-order valence-electron chi connectivity index (χ4n) is 15.8. The van der Waals surface area contributed by atoms with Crippen LogP contribution in [0.2, 0.25) is 0 Å². The summed E-state index contributed by atoms with van der Waals surface area (Å²) in [5.41, 5.74) is 7.55. The van der Waals surface area contributed by atoms with Crippen molar-refractivity contribution in [2.24, 2.45) is 22.7 Å². The van der Waals surface area contributed by atoms with Crippen LogP contribution in [0.3, 0.4) is 0 Å². The topological polar surface area (TPSA) is 179 Å². The number of carbonyl (C=O) groups is 4. The van der Waals surface area contributed by atoms with Crippen molar-refractivity contribution < 1.29 is 46.6 Å². The van der Waals surface area contributed by atoms with E-state index in [1.165, 1.54) is 22.4 Å². The van der Waals surface area contributed by atoms with Crippen LogP contribution in [0.5, 0.6) is 0 Å². The van der Waals surface area contributed by atoms with Gasteiger partial charge < -0.3 is 33.9 Å². The standard InChI is InChI=1S/C63H86F3N11O7/c1-39(82-4)52-47(28-44(30-67-52)73-24-23-72-25-26-83-34-45(72)32-73)56-48-29-61(2,3)38-84-60(81)49-12-8-20-77(70-49)58(79)50(33-71-19-7-11-43(31-71)42-15-16-51(46(48)27-42)76(56)37-63(64,65)66)68-57(78)55(41-9-5-6-10-41)74-21-17-62(35-74)18-22-75(36-62)59(80)54-53(69-54)40-13-14-40/h11,15-16,27-28,30,39-41,45,49-50,53-55,69-70H,5-10,12-14,17-26,29,31-38H2,1-4H3,(H,68,78)/t39-,45-,49-,50-,53?,54+,55?,62-/m0/s1. The molecule has 3 unspecified atom stereocenters. The Kier molecular flexibility index (Phi) is 16.0. The zero-order valence-corrected chi connectivity index (χ0v) is 49.5. The Balaban J connectivity index is 0.834. The molecule has 8 aliphatic heterocycles. The molecule has 2 saturated carbocycles. The van der Waals surface area contributed by atoms with Gasteiger partial charge in [-0.1, -0.05) is 38.8 Å². The minimum atomic E-state index is -4.60. The van der Waals surface area contributed by atoms with Gasteiger partial charge in [0.05, 0.1) is 61.3 Å². The highest BCUT2D eigenvalue weighted by Crippen LogP contribution is 2.47. The fourth-order valence-corrected chi connectivity index (χ4v) is 15.8. The first-order chi connectivity index (χ1) is 40.4. The van der Waals surface area contributed by atoms with Crippen LogP contribution < -0.4 is 21.0 Å². The van der Waals surface area contributed by atoms with Crippen LogP contribution in [-0.4, -0.2) is 206 Å². The molecule has 8 fully saturated rings. The molecule has 3 amide bonds. The number of likely N-dealkylation sites (tertiary alicyclic amines) is 2. The molecule has 0 radical (unpaired) electrons. The molecule has 9 atom stereocenters. The van der Waals surface area contributed by atoms with Crippen molar-refractivity contribution in [2.75, 3.05) is 110 Å². The summed E-state index contributed by atoms with van der Waals surface area (Å²) in [5, 5.41) is 8.98. The van der Waals surface area contributed by atoms with Gasteiger partial charge in [-0.2, -0.15) is 13.2 Å². The molecule has 1 aromatic carbocycles. The van der Waals surface area contributed by atoms with Crippen LogP contribution in [0.15, 0.2) is 36.5 Å². The summed E-state index contributed by atoms with van der Waals surface area (Å²) in [6.45, 7) is 13.4. The maximum Gasteiger partial charge on any atom is 0.406 e. The van der Waals surface area contributed by atoms with Gasteiger partial charge in [0.2, 0.25) is 11.8 Å². The lowest BCUT2D eigenvalue weighted by atomic mass is 9.84. The first-order valence-corrected chi connectivity index (χ1v) is 31.5. The number of hydrogen-bond donors (Lipinski definition) is 3. The van der Waals surface area contributed by atoms with Crippen molar-refractivity contribution in [3.63, 3.8) is 0 Å². The van der Waals surface area contributed by atoms with E-state index < -0.39 is 48.3 Å². The second-order valence-electron chi connectivity index (χ2n) is 27.3. The molecule has 1 spiro atoms. The molecule has 84 heavy (non-hydrogen) atoms. The van der Waals surface area contributed by atoms with E-state index in [1.54, 1.807) is 7.11 Å². The number of ether oxygens (including phenoxy) is 3. The molecule has 13 rings (SSSR count). The molecule has 6 bridgehead atoms. The maximum atomic E-state index is 15.3. The summed E-state index contributed by atoms with van der Waals surface area (Å²) in [6.07, 6.45) is 8.82. The summed E-state index contributed by atoms with van der Waals surface area (Å²) in [7, 11) is 1.58. The van der Waals surface area contributed by atoms with Crippen LogP contribution in [0, 0.1) is 22.7 Å². The van der Waals surface area contributed by atoms with Crippen molar-refractivity contribution in [3.8, 4) is 11.3 Å². The van der Waals surface area contributed by atoms with Gasteiger partial charge in [0.1, 0.15) is 24.7 Å². The number of morpholine rings is 1. The molecule has 2 aromatic heterocycles. The molecule has 10 heterocycles. The van der Waals surface area contributed by atoms with Crippen LogP contribution in [0.1, 0.15) is 114 Å². The van der Waals surface area contributed by atoms with E-state index in [0.717, 1.165) is 94.6 Å². The predicted octanol–water partition coefficient (Wildman–Crippen LogP) is 5.92. The average Bonchev–Trinajstić information content (AvgIpc) is 1.94. The van der Waals surface area contributed by atoms with Crippen molar-refractivity contribution in [1.82, 2.24) is 50.2 Å². The number of carbonyl (C=O) groups excluding carboxylic acids is 4. The van der Waals surface area contributed by atoms with E-state index in [4.69, 9.17) is 19.2 Å². The van der Waals surface area contributed by atoms with Gasteiger partial charge in [-0.05, 0) is 124 Å². The normalized spacial score (nSPS) is 30.8. The SMILES string of the molecule is CO[C@@H](C)c1ncc(N2CCN3CCOC[C@@H]3C2)cc1-c1c2c3cc(ccc3n1CC(F)(F)F)C1=CCCN(C1)C[C@H](NC(=O)C(C1CCCC1)N1CC[C@]3(CCN(C(=O)[C@@H]4NC4C4CC4)C3)C1)C(=O)N1CCC[C@H](N1)C(=O)OCC(C)(C)C2. The fraction of sp³-hybridized carbons (Fsp3) is 0.698. The quantitative estimate of drug-likeness (QED) is 0.152. The van der Waals surface area contributed by atoms with Crippen molar-refractivity contribution in [1.29, 1.82) is 0 Å². The monoisotopic (exact) mass is 1170 g/mol. The second kappa shape index (κ2) is 23.2. The van der Waals surface area contributed by atoms with E-state index in [0.29, 0.717) is 111 Å². The number of fused-ring (bicyclic) bond motifs is 7. The number of hydrazine groups is 1. The minimum Gasteiger partial charge on any atom is -0.464 e. The van der Waals surface area contributed by atoms with E-state index in [1.807, 2.05) is 51.2 Å². The Bertz CT molecular complexity index is 3030. The third kappa shape index (κ3) is 11.9. The smallest absolute Gasteiger partial charge is 0.406 e. The summed E-state index contributed by atoms with van der Waals surface area (Å²) < 4.78 is 65.3. The Morgan fingerprint density at radius 2 is 1.77 bits per heavy atom. The highest BCUT2D eigenvalue weighted by Gasteiger charge is 2.55. The van der Waals surface area contributed by atoms with Crippen LogP contribution in [0.4, 0.5) is 18.9 Å².